The normalized spacial score (nSPS) is 20.3. The summed E-state index contributed by atoms with van der Waals surface area (Å²) in [5.74, 6) is 0.222. The third kappa shape index (κ3) is 2.41. The molecule has 8 heteroatoms. The van der Waals surface area contributed by atoms with Gasteiger partial charge in [0.15, 0.2) is 5.82 Å². The number of carbonyl (C=O) groups excluding carboxylic acids is 1. The number of H-pyrrole nitrogens is 1. The number of benzene rings is 1. The molecule has 0 aliphatic carbocycles. The molecule has 1 unspecified atom stereocenters. The number of ether oxygens (including phenoxy) is 1. The lowest BCUT2D eigenvalue weighted by atomic mass is 9.85. The number of nitrogens with zero attached hydrogens (tertiary/aromatic N) is 4. The Morgan fingerprint density at radius 2 is 2.25 bits per heavy atom. The van der Waals surface area contributed by atoms with Gasteiger partial charge in [0.05, 0.1) is 12.1 Å². The second kappa shape index (κ2) is 5.97. The summed E-state index contributed by atoms with van der Waals surface area (Å²) in [5, 5.41) is 18.0. The number of nitrogens with one attached hydrogen (secondary N) is 2. The summed E-state index contributed by atoms with van der Waals surface area (Å²) in [6.45, 7) is 1.16. The molecular formula is C16H16N6O2. The van der Waals surface area contributed by atoms with Gasteiger partial charge >= 0.3 is 0 Å². The Labute approximate surface area is 137 Å². The number of aromatic nitrogens is 5. The van der Waals surface area contributed by atoms with Crippen molar-refractivity contribution in [3.63, 3.8) is 0 Å². The van der Waals surface area contributed by atoms with Crippen LogP contribution in [-0.2, 0) is 21.5 Å². The molecule has 2 N–H and O–H groups in total. The summed E-state index contributed by atoms with van der Waals surface area (Å²) in [6.07, 6.45) is 2.28. The average molecular weight is 324 g/mol. The van der Waals surface area contributed by atoms with Crippen LogP contribution >= 0.6 is 0 Å². The van der Waals surface area contributed by atoms with Crippen LogP contribution in [0, 0.1) is 0 Å². The Kier molecular flexibility index (Phi) is 3.66. The molecule has 1 saturated heterocycles. The van der Waals surface area contributed by atoms with Gasteiger partial charge < -0.3 is 10.1 Å². The van der Waals surface area contributed by atoms with E-state index in [1.54, 1.807) is 6.20 Å². The van der Waals surface area contributed by atoms with Crippen LogP contribution in [0.2, 0.25) is 0 Å². The van der Waals surface area contributed by atoms with E-state index in [1.165, 1.54) is 0 Å². The Morgan fingerprint density at radius 3 is 3.04 bits per heavy atom. The highest BCUT2D eigenvalue weighted by atomic mass is 16.5. The van der Waals surface area contributed by atoms with E-state index in [2.05, 4.69) is 30.9 Å². The number of para-hydroxylation sites is 1. The molecule has 8 nitrogen and oxygen atoms in total. The van der Waals surface area contributed by atoms with Gasteiger partial charge in [-0.15, -0.1) is 10.2 Å². The van der Waals surface area contributed by atoms with Gasteiger partial charge in [0.2, 0.25) is 5.91 Å². The highest BCUT2D eigenvalue weighted by Crippen LogP contribution is 2.31. The first-order valence-electron chi connectivity index (χ1n) is 7.72. The van der Waals surface area contributed by atoms with Crippen LogP contribution in [0.25, 0.3) is 10.9 Å². The lowest BCUT2D eigenvalue weighted by molar-refractivity contribution is -0.127. The van der Waals surface area contributed by atoms with Gasteiger partial charge in [0.25, 0.3) is 0 Å². The summed E-state index contributed by atoms with van der Waals surface area (Å²) in [7, 11) is 0. The molecule has 4 rings (SSSR count). The lowest BCUT2D eigenvalue weighted by Gasteiger charge is -2.22. The minimum atomic E-state index is -0.879. The maximum absolute atomic E-state index is 12.8. The fourth-order valence-corrected chi connectivity index (χ4v) is 3.04. The summed E-state index contributed by atoms with van der Waals surface area (Å²) in [6, 6.07) is 9.76. The van der Waals surface area contributed by atoms with E-state index in [-0.39, 0.29) is 12.5 Å². The van der Waals surface area contributed by atoms with Crippen LogP contribution in [0.5, 0.6) is 0 Å². The highest BCUT2D eigenvalue weighted by Gasteiger charge is 2.47. The molecule has 0 saturated carbocycles. The summed E-state index contributed by atoms with van der Waals surface area (Å²) in [5.41, 5.74) is 1.04. The van der Waals surface area contributed by atoms with Gasteiger partial charge in [-0.05, 0) is 24.1 Å². The number of amides is 1. The number of tetrazole rings is 1. The van der Waals surface area contributed by atoms with Gasteiger partial charge in [-0.1, -0.05) is 23.4 Å². The van der Waals surface area contributed by atoms with Crippen molar-refractivity contribution in [2.45, 2.75) is 18.4 Å². The van der Waals surface area contributed by atoms with E-state index in [1.807, 2.05) is 30.3 Å². The van der Waals surface area contributed by atoms with Crippen LogP contribution in [0.3, 0.4) is 0 Å². The minimum Gasteiger partial charge on any atom is -0.380 e. The molecule has 1 atom stereocenters. The van der Waals surface area contributed by atoms with Gasteiger partial charge in [0, 0.05) is 24.7 Å². The quantitative estimate of drug-likeness (QED) is 0.732. The molecule has 0 radical (unpaired) electrons. The van der Waals surface area contributed by atoms with Crippen molar-refractivity contribution < 1.29 is 9.53 Å². The fraction of sp³-hybridized carbons (Fsp3) is 0.312. The molecule has 2 aromatic heterocycles. The Balaban J connectivity index is 1.57. The van der Waals surface area contributed by atoms with Crippen LogP contribution in [0.4, 0.5) is 0 Å². The van der Waals surface area contributed by atoms with Crippen LogP contribution in [-0.4, -0.2) is 44.7 Å². The third-order valence-electron chi connectivity index (χ3n) is 4.41. The van der Waals surface area contributed by atoms with Crippen molar-refractivity contribution in [2.75, 3.05) is 13.2 Å². The first kappa shape index (κ1) is 14.7. The van der Waals surface area contributed by atoms with E-state index in [0.29, 0.717) is 25.4 Å². The Morgan fingerprint density at radius 1 is 1.33 bits per heavy atom. The first-order valence-corrected chi connectivity index (χ1v) is 7.72. The zero-order chi connectivity index (χ0) is 16.4. The molecule has 1 aliphatic heterocycles. The topological polar surface area (TPSA) is 106 Å². The smallest absolute Gasteiger partial charge is 0.236 e. The van der Waals surface area contributed by atoms with Crippen molar-refractivity contribution in [3.8, 4) is 0 Å². The monoisotopic (exact) mass is 324 g/mol. The zero-order valence-electron chi connectivity index (χ0n) is 12.9. The number of hydrogen-bond acceptors (Lipinski definition) is 6. The molecule has 3 aromatic rings. The second-order valence-corrected chi connectivity index (χ2v) is 5.79. The molecule has 3 heterocycles. The van der Waals surface area contributed by atoms with Gasteiger partial charge in [0.1, 0.15) is 5.41 Å². The van der Waals surface area contributed by atoms with Crippen LogP contribution < -0.4 is 5.32 Å². The Hall–Kier alpha value is -2.87. The van der Waals surface area contributed by atoms with E-state index < -0.39 is 5.41 Å². The SMILES string of the molecule is O=C(NCc1ccnc2ccccc12)C1(c2nn[nH]n2)CCOC1. The highest BCUT2D eigenvalue weighted by molar-refractivity contribution is 5.88. The second-order valence-electron chi connectivity index (χ2n) is 5.79. The van der Waals surface area contributed by atoms with Crippen molar-refractivity contribution >= 4 is 16.8 Å². The number of pyridine rings is 1. The number of rotatable bonds is 4. The fourth-order valence-electron chi connectivity index (χ4n) is 3.04. The first-order chi connectivity index (χ1) is 11.8. The van der Waals surface area contributed by atoms with E-state index in [4.69, 9.17) is 4.74 Å². The molecule has 1 fully saturated rings. The number of carbonyl (C=O) groups is 1. The molecule has 122 valence electrons. The van der Waals surface area contributed by atoms with Crippen molar-refractivity contribution in [1.82, 2.24) is 30.9 Å². The van der Waals surface area contributed by atoms with E-state index in [9.17, 15) is 4.79 Å². The molecule has 0 spiro atoms. The number of fused-ring (bicyclic) bond motifs is 1. The van der Waals surface area contributed by atoms with Gasteiger partial charge in [-0.2, -0.15) is 5.21 Å². The summed E-state index contributed by atoms with van der Waals surface area (Å²) >= 11 is 0. The van der Waals surface area contributed by atoms with Gasteiger partial charge in [-0.3, -0.25) is 9.78 Å². The predicted molar refractivity (Wildman–Crippen MR) is 84.9 cm³/mol. The standard InChI is InChI=1S/C16H16N6O2/c23-15(16(6-8-24-10-16)14-19-21-22-20-14)18-9-11-5-7-17-13-4-2-1-3-12(11)13/h1-5,7H,6,8-10H2,(H,18,23)(H,19,20,21,22). The lowest BCUT2D eigenvalue weighted by Crippen LogP contribution is -2.45. The van der Waals surface area contributed by atoms with E-state index >= 15 is 0 Å². The molecule has 1 amide bonds. The molecule has 0 bridgehead atoms. The van der Waals surface area contributed by atoms with E-state index in [0.717, 1.165) is 16.5 Å². The minimum absolute atomic E-state index is 0.151. The number of aromatic amines is 1. The maximum Gasteiger partial charge on any atom is 0.236 e. The average Bonchev–Trinajstić information content (AvgIpc) is 3.31. The van der Waals surface area contributed by atoms with Crippen molar-refractivity contribution in [3.05, 3.63) is 47.9 Å². The summed E-state index contributed by atoms with van der Waals surface area (Å²) < 4.78 is 5.44. The zero-order valence-corrected chi connectivity index (χ0v) is 12.9. The van der Waals surface area contributed by atoms with Crippen molar-refractivity contribution in [2.24, 2.45) is 0 Å². The number of hydrogen-bond donors (Lipinski definition) is 2. The Bertz CT molecular complexity index is 853. The molecular weight excluding hydrogens is 308 g/mol. The van der Waals surface area contributed by atoms with Crippen LogP contribution in [0.1, 0.15) is 17.8 Å². The third-order valence-corrected chi connectivity index (χ3v) is 4.41. The van der Waals surface area contributed by atoms with Gasteiger partial charge in [-0.25, -0.2) is 0 Å². The van der Waals surface area contributed by atoms with Crippen molar-refractivity contribution in [1.29, 1.82) is 0 Å². The summed E-state index contributed by atoms with van der Waals surface area (Å²) in [4.78, 5) is 17.2. The maximum atomic E-state index is 12.8. The predicted octanol–water partition coefficient (Wildman–Crippen LogP) is 0.722. The molecule has 1 aromatic carbocycles. The van der Waals surface area contributed by atoms with Crippen LogP contribution in [0.15, 0.2) is 36.5 Å². The molecule has 1 aliphatic rings. The molecule has 24 heavy (non-hydrogen) atoms. The largest absolute Gasteiger partial charge is 0.380 e.